The zero-order valence-electron chi connectivity index (χ0n) is 10.00. The molecule has 1 aliphatic rings. The second-order valence-corrected chi connectivity index (χ2v) is 5.23. The summed E-state index contributed by atoms with van der Waals surface area (Å²) in [5.74, 6) is 0.276. The van der Waals surface area contributed by atoms with E-state index in [9.17, 15) is 10.2 Å². The van der Waals surface area contributed by atoms with Crippen LogP contribution in [0.2, 0.25) is 0 Å². The lowest BCUT2D eigenvalue weighted by atomic mass is 9.85. The van der Waals surface area contributed by atoms with Crippen LogP contribution in [-0.4, -0.2) is 35.0 Å². The van der Waals surface area contributed by atoms with Gasteiger partial charge in [0.1, 0.15) is 0 Å². The van der Waals surface area contributed by atoms with Crippen LogP contribution in [0.3, 0.4) is 0 Å². The Morgan fingerprint density at radius 3 is 2.33 bits per heavy atom. The van der Waals surface area contributed by atoms with Gasteiger partial charge in [-0.25, -0.2) is 0 Å². The smallest absolute Gasteiger partial charge is 0.0771 e. The van der Waals surface area contributed by atoms with E-state index in [4.69, 9.17) is 0 Å². The maximum atomic E-state index is 10.2. The van der Waals surface area contributed by atoms with Crippen molar-refractivity contribution in [1.82, 2.24) is 5.32 Å². The number of hydrogen-bond donors (Lipinski definition) is 3. The molecule has 0 radical (unpaired) electrons. The summed E-state index contributed by atoms with van der Waals surface area (Å²) in [4.78, 5) is 0. The van der Waals surface area contributed by atoms with Gasteiger partial charge < -0.3 is 15.5 Å². The molecule has 1 saturated carbocycles. The Hall–Kier alpha value is -0.120. The minimum atomic E-state index is -0.519. The van der Waals surface area contributed by atoms with Gasteiger partial charge in [0, 0.05) is 13.1 Å². The number of nitrogens with one attached hydrogen (secondary N) is 1. The highest BCUT2D eigenvalue weighted by Crippen LogP contribution is 2.27. The van der Waals surface area contributed by atoms with E-state index in [1.807, 2.05) is 13.8 Å². The van der Waals surface area contributed by atoms with Gasteiger partial charge in [0.15, 0.2) is 0 Å². The molecule has 15 heavy (non-hydrogen) atoms. The standard InChI is InChI=1S/C12H25NO2/c1-10(2)11(14)8-13-9-12(15)6-4-3-5-7-12/h10-11,13-15H,3-9H2,1-2H3. The maximum Gasteiger partial charge on any atom is 0.0771 e. The van der Waals surface area contributed by atoms with Crippen molar-refractivity contribution in [2.45, 2.75) is 57.7 Å². The minimum absolute atomic E-state index is 0.276. The molecule has 1 atom stereocenters. The minimum Gasteiger partial charge on any atom is -0.392 e. The molecule has 0 aromatic rings. The van der Waals surface area contributed by atoms with Crippen LogP contribution >= 0.6 is 0 Å². The molecule has 3 N–H and O–H groups in total. The number of aliphatic hydroxyl groups excluding tert-OH is 1. The lowest BCUT2D eigenvalue weighted by Crippen LogP contribution is -2.44. The van der Waals surface area contributed by atoms with E-state index in [1.165, 1.54) is 6.42 Å². The number of hydrogen-bond acceptors (Lipinski definition) is 3. The molecule has 0 amide bonds. The summed E-state index contributed by atoms with van der Waals surface area (Å²) in [5.41, 5.74) is -0.519. The Balaban J connectivity index is 2.18. The van der Waals surface area contributed by atoms with E-state index in [1.54, 1.807) is 0 Å². The quantitative estimate of drug-likeness (QED) is 0.648. The van der Waals surface area contributed by atoms with Crippen molar-refractivity contribution >= 4 is 0 Å². The van der Waals surface area contributed by atoms with Crippen LogP contribution in [0, 0.1) is 5.92 Å². The van der Waals surface area contributed by atoms with E-state index in [-0.39, 0.29) is 12.0 Å². The normalized spacial score (nSPS) is 23.0. The fourth-order valence-electron chi connectivity index (χ4n) is 2.08. The second-order valence-electron chi connectivity index (χ2n) is 5.23. The van der Waals surface area contributed by atoms with Crippen molar-refractivity contribution in [2.24, 2.45) is 5.92 Å². The van der Waals surface area contributed by atoms with E-state index >= 15 is 0 Å². The van der Waals surface area contributed by atoms with Gasteiger partial charge in [-0.1, -0.05) is 33.1 Å². The highest BCUT2D eigenvalue weighted by atomic mass is 16.3. The van der Waals surface area contributed by atoms with Crippen LogP contribution < -0.4 is 5.32 Å². The van der Waals surface area contributed by atoms with E-state index in [0.29, 0.717) is 13.1 Å². The van der Waals surface area contributed by atoms with E-state index in [2.05, 4.69) is 5.32 Å². The molecular formula is C12H25NO2. The molecule has 0 heterocycles. The SMILES string of the molecule is CC(C)C(O)CNCC1(O)CCCCC1. The zero-order valence-corrected chi connectivity index (χ0v) is 10.00. The van der Waals surface area contributed by atoms with Crippen LogP contribution in [0.25, 0.3) is 0 Å². The predicted molar refractivity (Wildman–Crippen MR) is 61.7 cm³/mol. The molecule has 0 aromatic heterocycles. The molecular weight excluding hydrogens is 190 g/mol. The van der Waals surface area contributed by atoms with Gasteiger partial charge in [0.2, 0.25) is 0 Å². The van der Waals surface area contributed by atoms with Gasteiger partial charge in [-0.05, 0) is 18.8 Å². The highest BCUT2D eigenvalue weighted by molar-refractivity contribution is 4.84. The first-order valence-corrected chi connectivity index (χ1v) is 6.15. The number of rotatable bonds is 5. The van der Waals surface area contributed by atoms with Crippen molar-refractivity contribution < 1.29 is 10.2 Å². The summed E-state index contributed by atoms with van der Waals surface area (Å²) in [5, 5.41) is 23.0. The molecule has 1 aliphatic carbocycles. The Morgan fingerprint density at radius 2 is 1.80 bits per heavy atom. The first-order chi connectivity index (χ1) is 7.03. The summed E-state index contributed by atoms with van der Waals surface area (Å²) in [6, 6.07) is 0. The van der Waals surface area contributed by atoms with Gasteiger partial charge in [-0.2, -0.15) is 0 Å². The topological polar surface area (TPSA) is 52.5 Å². The lowest BCUT2D eigenvalue weighted by Gasteiger charge is -2.32. The molecule has 3 heteroatoms. The van der Waals surface area contributed by atoms with Crippen LogP contribution in [0.1, 0.15) is 46.0 Å². The molecule has 0 saturated heterocycles. The first-order valence-electron chi connectivity index (χ1n) is 6.15. The molecule has 3 nitrogen and oxygen atoms in total. The summed E-state index contributed by atoms with van der Waals surface area (Å²) in [6.07, 6.45) is 5.00. The van der Waals surface area contributed by atoms with Crippen molar-refractivity contribution in [3.63, 3.8) is 0 Å². The monoisotopic (exact) mass is 215 g/mol. The Morgan fingerprint density at radius 1 is 1.20 bits per heavy atom. The van der Waals surface area contributed by atoms with E-state index < -0.39 is 5.60 Å². The number of aliphatic hydroxyl groups is 2. The third-order valence-corrected chi connectivity index (χ3v) is 3.36. The van der Waals surface area contributed by atoms with Gasteiger partial charge in [0.05, 0.1) is 11.7 Å². The van der Waals surface area contributed by atoms with Crippen molar-refractivity contribution in [1.29, 1.82) is 0 Å². The molecule has 90 valence electrons. The van der Waals surface area contributed by atoms with Gasteiger partial charge in [-0.3, -0.25) is 0 Å². The lowest BCUT2D eigenvalue weighted by molar-refractivity contribution is 0.00146. The van der Waals surface area contributed by atoms with Gasteiger partial charge in [-0.15, -0.1) is 0 Å². The summed E-state index contributed by atoms with van der Waals surface area (Å²) >= 11 is 0. The Labute approximate surface area is 92.9 Å². The van der Waals surface area contributed by atoms with Crippen LogP contribution in [-0.2, 0) is 0 Å². The molecule has 1 fully saturated rings. The molecule has 0 aliphatic heterocycles. The average molecular weight is 215 g/mol. The van der Waals surface area contributed by atoms with Crippen molar-refractivity contribution in [3.05, 3.63) is 0 Å². The third kappa shape index (κ3) is 4.49. The Bertz CT molecular complexity index is 176. The molecule has 0 bridgehead atoms. The molecule has 1 rings (SSSR count). The molecule has 1 unspecified atom stereocenters. The zero-order chi connectivity index (χ0) is 11.3. The van der Waals surface area contributed by atoms with Crippen LogP contribution in [0.15, 0.2) is 0 Å². The van der Waals surface area contributed by atoms with Crippen LogP contribution in [0.4, 0.5) is 0 Å². The van der Waals surface area contributed by atoms with Gasteiger partial charge >= 0.3 is 0 Å². The summed E-state index contributed by atoms with van der Waals surface area (Å²) in [7, 11) is 0. The van der Waals surface area contributed by atoms with E-state index in [0.717, 1.165) is 25.7 Å². The molecule has 0 spiro atoms. The predicted octanol–water partition coefficient (Wildman–Crippen LogP) is 1.29. The second kappa shape index (κ2) is 5.83. The summed E-state index contributed by atoms with van der Waals surface area (Å²) in [6.45, 7) is 5.21. The first kappa shape index (κ1) is 12.9. The third-order valence-electron chi connectivity index (χ3n) is 3.36. The fraction of sp³-hybridized carbons (Fsp3) is 1.00. The fourth-order valence-corrected chi connectivity index (χ4v) is 2.08. The van der Waals surface area contributed by atoms with Crippen LogP contribution in [0.5, 0.6) is 0 Å². The van der Waals surface area contributed by atoms with Crippen molar-refractivity contribution in [2.75, 3.05) is 13.1 Å². The Kier molecular flexibility index (Phi) is 5.03. The largest absolute Gasteiger partial charge is 0.392 e. The highest BCUT2D eigenvalue weighted by Gasteiger charge is 2.28. The summed E-state index contributed by atoms with van der Waals surface area (Å²) < 4.78 is 0. The molecule has 0 aromatic carbocycles. The van der Waals surface area contributed by atoms with Crippen molar-refractivity contribution in [3.8, 4) is 0 Å². The van der Waals surface area contributed by atoms with Gasteiger partial charge in [0.25, 0.3) is 0 Å². The average Bonchev–Trinajstić information content (AvgIpc) is 2.18. The maximum absolute atomic E-state index is 10.2.